The van der Waals surface area contributed by atoms with Gasteiger partial charge in [0.1, 0.15) is 11.6 Å². The van der Waals surface area contributed by atoms with Gasteiger partial charge >= 0.3 is 5.97 Å². The lowest BCUT2D eigenvalue weighted by molar-refractivity contribution is -0.140. The van der Waals surface area contributed by atoms with E-state index in [2.05, 4.69) is 30.6 Å². The van der Waals surface area contributed by atoms with Crippen LogP contribution in [0.3, 0.4) is 0 Å². The second-order valence-corrected chi connectivity index (χ2v) is 11.2. The minimum absolute atomic E-state index is 0.0191. The Balaban J connectivity index is 1.66. The first kappa shape index (κ1) is 26.4. The van der Waals surface area contributed by atoms with Crippen molar-refractivity contribution in [2.24, 2.45) is 0 Å². The van der Waals surface area contributed by atoms with Gasteiger partial charge in [-0.2, -0.15) is 0 Å². The lowest BCUT2D eigenvalue weighted by Crippen LogP contribution is -2.08. The summed E-state index contributed by atoms with van der Waals surface area (Å²) in [6, 6.07) is 9.48. The molecule has 0 amide bonds. The summed E-state index contributed by atoms with van der Waals surface area (Å²) in [7, 11) is -2.23. The predicted molar refractivity (Wildman–Crippen MR) is 134 cm³/mol. The average Bonchev–Trinajstić information content (AvgIpc) is 3.30. The molecule has 1 N–H and O–H groups in total. The van der Waals surface area contributed by atoms with Gasteiger partial charge < -0.3 is 9.72 Å². The van der Waals surface area contributed by atoms with E-state index in [1.54, 1.807) is 24.4 Å². The Morgan fingerprint density at radius 1 is 1.09 bits per heavy atom. The second-order valence-electron chi connectivity index (χ2n) is 7.83. The molecule has 1 heterocycles. The van der Waals surface area contributed by atoms with Gasteiger partial charge in [-0.3, -0.25) is 4.79 Å². The molecule has 3 rings (SSSR count). The van der Waals surface area contributed by atoms with Crippen molar-refractivity contribution in [3.63, 3.8) is 0 Å². The molecule has 1 aromatic heterocycles. The Kier molecular flexibility index (Phi) is 9.27. The van der Waals surface area contributed by atoms with E-state index in [1.165, 1.54) is 25.3 Å². The van der Waals surface area contributed by atoms with Crippen molar-refractivity contribution in [2.45, 2.75) is 43.4 Å². The number of H-pyrrole nitrogens is 1. The molecule has 0 unspecified atom stereocenters. The number of esters is 1. The maximum Gasteiger partial charge on any atom is 0.305 e. The van der Waals surface area contributed by atoms with Crippen LogP contribution in [-0.2, 0) is 19.4 Å². The predicted octanol–water partition coefficient (Wildman–Crippen LogP) is 6.59. The van der Waals surface area contributed by atoms with E-state index < -0.39 is 15.7 Å². The highest BCUT2D eigenvalue weighted by Crippen LogP contribution is 2.30. The van der Waals surface area contributed by atoms with Crippen molar-refractivity contribution in [1.82, 2.24) is 9.97 Å². The maximum absolute atomic E-state index is 13.9. The van der Waals surface area contributed by atoms with Crippen molar-refractivity contribution in [3.8, 4) is 22.6 Å². The molecule has 0 saturated carbocycles. The summed E-state index contributed by atoms with van der Waals surface area (Å²) < 4.78 is 44.7. The van der Waals surface area contributed by atoms with Crippen LogP contribution in [-0.4, -0.2) is 37.2 Å². The van der Waals surface area contributed by atoms with E-state index in [-0.39, 0.29) is 21.6 Å². The van der Waals surface area contributed by atoms with Crippen molar-refractivity contribution in [3.05, 3.63) is 57.9 Å². The molecular weight excluding hydrogens is 547 g/mol. The molecule has 0 saturated heterocycles. The van der Waals surface area contributed by atoms with Crippen LogP contribution in [0.25, 0.3) is 22.6 Å². The van der Waals surface area contributed by atoms with E-state index in [0.717, 1.165) is 25.7 Å². The van der Waals surface area contributed by atoms with Gasteiger partial charge in [-0.1, -0.05) is 36.9 Å². The van der Waals surface area contributed by atoms with Gasteiger partial charge in [0, 0.05) is 17.5 Å². The molecule has 2 aromatic carbocycles. The van der Waals surface area contributed by atoms with Gasteiger partial charge in [-0.05, 0) is 59.1 Å². The molecule has 0 spiro atoms. The summed E-state index contributed by atoms with van der Waals surface area (Å²) >= 11 is 9.36. The number of hydrogen-bond donors (Lipinski definition) is 1. The van der Waals surface area contributed by atoms with E-state index in [0.29, 0.717) is 40.0 Å². The van der Waals surface area contributed by atoms with Gasteiger partial charge in [-0.25, -0.2) is 17.8 Å². The fraction of sp³-hybridized carbons (Fsp3) is 0.333. The lowest BCUT2D eigenvalue weighted by atomic mass is 10.1. The zero-order valence-electron chi connectivity index (χ0n) is 18.6. The number of aromatic amines is 1. The second kappa shape index (κ2) is 12.0. The monoisotopic (exact) mass is 570 g/mol. The molecule has 6 nitrogen and oxygen atoms in total. The minimum atomic E-state index is -3.59. The number of carbonyl (C=O) groups is 1. The third kappa shape index (κ3) is 6.90. The first-order valence-electron chi connectivity index (χ1n) is 10.8. The number of nitrogens with one attached hydrogen (secondary N) is 1. The van der Waals surface area contributed by atoms with Crippen LogP contribution in [0.15, 0.2) is 52.0 Å². The molecule has 10 heteroatoms. The first-order chi connectivity index (χ1) is 16.2. The summed E-state index contributed by atoms with van der Waals surface area (Å²) in [5.74, 6) is -0.187. The molecule has 3 aromatic rings. The third-order valence-electron chi connectivity index (χ3n) is 5.37. The molecule has 0 aliphatic rings. The summed E-state index contributed by atoms with van der Waals surface area (Å²) in [6.45, 7) is 0. The summed E-state index contributed by atoms with van der Waals surface area (Å²) in [5.41, 5.74) is 1.79. The highest BCUT2D eigenvalue weighted by atomic mass is 79.9. The number of halogens is 3. The average molecular weight is 572 g/mol. The fourth-order valence-corrected chi connectivity index (χ4v) is 5.66. The molecule has 0 bridgehead atoms. The van der Waals surface area contributed by atoms with Crippen LogP contribution >= 0.6 is 27.5 Å². The number of ether oxygens (including phenoxy) is 1. The molecule has 0 radical (unpaired) electrons. The standard InChI is InChI=1S/C24H25BrClFN2O4S/c1-33-23(30)7-5-3-2-4-6-12-34(31,32)22-14-17(9-11-19(22)26)24-28-15-21(29-24)16-8-10-18(25)20(27)13-16/h8-11,13-15H,2-7,12H2,1H3,(H,28,29). The molecule has 0 aliphatic carbocycles. The number of aromatic nitrogens is 2. The first-order valence-corrected chi connectivity index (χ1v) is 13.6. The molecule has 0 fully saturated rings. The van der Waals surface area contributed by atoms with Crippen molar-refractivity contribution in [2.75, 3.05) is 12.9 Å². The van der Waals surface area contributed by atoms with E-state index in [9.17, 15) is 17.6 Å². The van der Waals surface area contributed by atoms with Crippen LogP contribution in [0, 0.1) is 5.82 Å². The molecule has 182 valence electrons. The largest absolute Gasteiger partial charge is 0.469 e. The SMILES string of the molecule is COC(=O)CCCCCCCS(=O)(=O)c1cc(-c2ncc(-c3ccc(Br)c(F)c3)[nH]2)ccc1Cl. The number of carbonyl (C=O) groups excluding carboxylic acids is 1. The summed E-state index contributed by atoms with van der Waals surface area (Å²) in [5, 5.41) is 0.156. The number of rotatable bonds is 11. The Bertz CT molecular complexity index is 1260. The van der Waals surface area contributed by atoms with Crippen LogP contribution < -0.4 is 0 Å². The van der Waals surface area contributed by atoms with Gasteiger partial charge in [0.05, 0.1) is 39.1 Å². The van der Waals surface area contributed by atoms with Crippen molar-refractivity contribution >= 4 is 43.3 Å². The number of unbranched alkanes of at least 4 members (excludes halogenated alkanes) is 4. The van der Waals surface area contributed by atoms with Crippen molar-refractivity contribution < 1.29 is 22.3 Å². The van der Waals surface area contributed by atoms with Gasteiger partial charge in [-0.15, -0.1) is 0 Å². The van der Waals surface area contributed by atoms with E-state index in [4.69, 9.17) is 11.6 Å². The van der Waals surface area contributed by atoms with Crippen LogP contribution in [0.5, 0.6) is 0 Å². The maximum atomic E-state index is 13.9. The third-order valence-corrected chi connectivity index (χ3v) is 8.29. The van der Waals surface area contributed by atoms with Crippen LogP contribution in [0.1, 0.15) is 38.5 Å². The topological polar surface area (TPSA) is 89.1 Å². The number of hydrogen-bond acceptors (Lipinski definition) is 5. The fourth-order valence-electron chi connectivity index (χ4n) is 3.47. The van der Waals surface area contributed by atoms with Crippen molar-refractivity contribution in [1.29, 1.82) is 0 Å². The normalized spacial score (nSPS) is 11.5. The molecule has 0 aliphatic heterocycles. The highest BCUT2D eigenvalue weighted by Gasteiger charge is 2.20. The number of nitrogens with zero attached hydrogens (tertiary/aromatic N) is 1. The minimum Gasteiger partial charge on any atom is -0.469 e. The number of sulfone groups is 1. The van der Waals surface area contributed by atoms with E-state index >= 15 is 0 Å². The van der Waals surface area contributed by atoms with Gasteiger partial charge in [0.2, 0.25) is 0 Å². The Morgan fingerprint density at radius 3 is 2.53 bits per heavy atom. The number of imidazole rings is 1. The number of benzene rings is 2. The molecule has 34 heavy (non-hydrogen) atoms. The van der Waals surface area contributed by atoms with Gasteiger partial charge in [0.25, 0.3) is 0 Å². The van der Waals surface area contributed by atoms with E-state index in [1.807, 2.05) is 0 Å². The Hall–Kier alpha value is -2.23. The summed E-state index contributed by atoms with van der Waals surface area (Å²) in [6.07, 6.45) is 5.60. The smallest absolute Gasteiger partial charge is 0.305 e. The molecule has 0 atom stereocenters. The van der Waals surface area contributed by atoms with Crippen LogP contribution in [0.2, 0.25) is 5.02 Å². The highest BCUT2D eigenvalue weighted by molar-refractivity contribution is 9.10. The zero-order chi connectivity index (χ0) is 24.7. The molecular formula is C24H25BrClFN2O4S. The summed E-state index contributed by atoms with van der Waals surface area (Å²) in [4.78, 5) is 18.6. The quantitative estimate of drug-likeness (QED) is 0.207. The zero-order valence-corrected chi connectivity index (χ0v) is 21.8. The van der Waals surface area contributed by atoms with Crippen LogP contribution in [0.4, 0.5) is 4.39 Å². The Morgan fingerprint density at radius 2 is 1.79 bits per heavy atom. The Labute approximate surface area is 211 Å². The lowest BCUT2D eigenvalue weighted by Gasteiger charge is -2.08. The number of methoxy groups -OCH3 is 1. The van der Waals surface area contributed by atoms with Gasteiger partial charge in [0.15, 0.2) is 9.84 Å².